The van der Waals surface area contributed by atoms with Crippen molar-refractivity contribution in [3.05, 3.63) is 42.0 Å². The van der Waals surface area contributed by atoms with E-state index >= 15 is 0 Å². The summed E-state index contributed by atoms with van der Waals surface area (Å²) in [6.45, 7) is 0.581. The van der Waals surface area contributed by atoms with Crippen molar-refractivity contribution < 1.29 is 14.3 Å². The van der Waals surface area contributed by atoms with Crippen LogP contribution in [0.2, 0.25) is 0 Å². The molecule has 2 N–H and O–H groups in total. The monoisotopic (exact) mass is 285 g/mol. The van der Waals surface area contributed by atoms with Crippen molar-refractivity contribution in [2.45, 2.75) is 6.54 Å². The number of hydrogen-bond acceptors (Lipinski definition) is 5. The van der Waals surface area contributed by atoms with E-state index in [2.05, 4.69) is 15.6 Å². The molecule has 3 rings (SSSR count). The minimum atomic E-state index is -0.168. The molecule has 0 unspecified atom stereocenters. The number of nitrogens with one attached hydrogen (secondary N) is 2. The number of rotatable bonds is 4. The van der Waals surface area contributed by atoms with Crippen molar-refractivity contribution in [1.29, 1.82) is 0 Å². The van der Waals surface area contributed by atoms with E-state index in [1.54, 1.807) is 19.2 Å². The fraction of sp³-hybridized carbons (Fsp3) is 0.200. The molecule has 0 aliphatic carbocycles. The molecule has 2 heterocycles. The summed E-state index contributed by atoms with van der Waals surface area (Å²) in [4.78, 5) is 15.5. The zero-order valence-electron chi connectivity index (χ0n) is 11.6. The van der Waals surface area contributed by atoms with Crippen LogP contribution in [0.15, 0.2) is 36.4 Å². The number of carbonyl (C=O) groups excluding carboxylic acids is 1. The van der Waals surface area contributed by atoms with Crippen molar-refractivity contribution in [1.82, 2.24) is 4.98 Å². The number of fused-ring (bicyclic) bond motifs is 1. The first-order valence-corrected chi connectivity index (χ1v) is 6.56. The number of ether oxygens (including phenoxy) is 2. The molecule has 0 radical (unpaired) electrons. The fourth-order valence-corrected chi connectivity index (χ4v) is 2.10. The molecular weight excluding hydrogens is 270 g/mol. The first kappa shape index (κ1) is 13.2. The van der Waals surface area contributed by atoms with Crippen molar-refractivity contribution >= 4 is 17.4 Å². The lowest BCUT2D eigenvalue weighted by Gasteiger charge is -2.17. The number of pyridine rings is 1. The molecule has 0 spiro atoms. The third kappa shape index (κ3) is 2.89. The maximum atomic E-state index is 11.2. The Balaban J connectivity index is 1.72. The Bertz CT molecular complexity index is 673. The summed E-state index contributed by atoms with van der Waals surface area (Å²) in [7, 11) is 1.65. The Morgan fingerprint density at radius 2 is 2.19 bits per heavy atom. The standard InChI is InChI=1S/C15H15N3O3/c1-20-12-5-3-2-4-10(12)8-16-13-7-6-11-15(18-13)21-9-14(19)17-11/h2-7H,8-9H2,1H3,(H,16,18)(H,17,19). The molecule has 0 atom stereocenters. The van der Waals surface area contributed by atoms with E-state index in [0.717, 1.165) is 11.3 Å². The van der Waals surface area contributed by atoms with Gasteiger partial charge in [-0.2, -0.15) is 4.98 Å². The molecule has 1 aromatic heterocycles. The summed E-state index contributed by atoms with van der Waals surface area (Å²) >= 11 is 0. The van der Waals surface area contributed by atoms with Crippen molar-refractivity contribution in [3.8, 4) is 11.6 Å². The normalized spacial score (nSPS) is 12.9. The molecule has 0 saturated carbocycles. The molecule has 1 aliphatic heterocycles. The summed E-state index contributed by atoms with van der Waals surface area (Å²) < 4.78 is 10.6. The van der Waals surface area contributed by atoms with Crippen LogP contribution in [0.4, 0.5) is 11.5 Å². The van der Waals surface area contributed by atoms with Crippen LogP contribution >= 0.6 is 0 Å². The van der Waals surface area contributed by atoms with Gasteiger partial charge in [0.1, 0.15) is 17.3 Å². The average Bonchev–Trinajstić information content (AvgIpc) is 2.53. The van der Waals surface area contributed by atoms with E-state index < -0.39 is 0 Å². The van der Waals surface area contributed by atoms with Gasteiger partial charge < -0.3 is 20.1 Å². The molecule has 0 bridgehead atoms. The molecular formula is C15H15N3O3. The van der Waals surface area contributed by atoms with Gasteiger partial charge >= 0.3 is 0 Å². The molecule has 6 nitrogen and oxygen atoms in total. The largest absolute Gasteiger partial charge is 0.496 e. The Kier molecular flexibility index (Phi) is 3.59. The predicted molar refractivity (Wildman–Crippen MR) is 78.7 cm³/mol. The second-order valence-corrected chi connectivity index (χ2v) is 4.55. The van der Waals surface area contributed by atoms with Gasteiger partial charge in [0.2, 0.25) is 5.88 Å². The Hall–Kier alpha value is -2.76. The number of benzene rings is 1. The number of amides is 1. The van der Waals surface area contributed by atoms with Gasteiger partial charge in [0, 0.05) is 12.1 Å². The zero-order valence-corrected chi connectivity index (χ0v) is 11.6. The number of aromatic nitrogens is 1. The van der Waals surface area contributed by atoms with E-state index in [4.69, 9.17) is 9.47 Å². The van der Waals surface area contributed by atoms with Gasteiger partial charge in [0.25, 0.3) is 5.91 Å². The highest BCUT2D eigenvalue weighted by Crippen LogP contribution is 2.27. The SMILES string of the molecule is COc1ccccc1CNc1ccc2c(n1)OCC(=O)N2. The number of para-hydroxylation sites is 1. The topological polar surface area (TPSA) is 72.5 Å². The van der Waals surface area contributed by atoms with Crippen LogP contribution in [-0.4, -0.2) is 24.6 Å². The molecule has 6 heteroatoms. The maximum Gasteiger partial charge on any atom is 0.262 e. The first-order chi connectivity index (χ1) is 10.3. The smallest absolute Gasteiger partial charge is 0.262 e. The van der Waals surface area contributed by atoms with E-state index in [1.807, 2.05) is 24.3 Å². The fourth-order valence-electron chi connectivity index (χ4n) is 2.10. The lowest BCUT2D eigenvalue weighted by atomic mass is 10.2. The summed E-state index contributed by atoms with van der Waals surface area (Å²) in [5, 5.41) is 5.92. The van der Waals surface area contributed by atoms with Crippen LogP contribution in [0.1, 0.15) is 5.56 Å². The van der Waals surface area contributed by atoms with Gasteiger partial charge in [-0.1, -0.05) is 18.2 Å². The van der Waals surface area contributed by atoms with Crippen LogP contribution in [-0.2, 0) is 11.3 Å². The molecule has 2 aromatic rings. The van der Waals surface area contributed by atoms with E-state index in [1.165, 1.54) is 0 Å². The maximum absolute atomic E-state index is 11.2. The highest BCUT2D eigenvalue weighted by molar-refractivity contribution is 5.95. The third-order valence-electron chi connectivity index (χ3n) is 3.13. The molecule has 21 heavy (non-hydrogen) atoms. The Morgan fingerprint density at radius 1 is 1.33 bits per heavy atom. The number of methoxy groups -OCH3 is 1. The lowest BCUT2D eigenvalue weighted by Crippen LogP contribution is -2.26. The summed E-state index contributed by atoms with van der Waals surface area (Å²) in [6, 6.07) is 11.3. The Morgan fingerprint density at radius 3 is 3.05 bits per heavy atom. The second-order valence-electron chi connectivity index (χ2n) is 4.55. The van der Waals surface area contributed by atoms with E-state index in [-0.39, 0.29) is 12.5 Å². The molecule has 1 aromatic carbocycles. The van der Waals surface area contributed by atoms with Gasteiger partial charge in [-0.25, -0.2) is 0 Å². The van der Waals surface area contributed by atoms with Gasteiger partial charge in [-0.05, 0) is 18.2 Å². The molecule has 0 saturated heterocycles. The minimum absolute atomic E-state index is 0.00401. The number of anilines is 2. The highest BCUT2D eigenvalue weighted by atomic mass is 16.5. The summed E-state index contributed by atoms with van der Waals surface area (Å²) in [6.07, 6.45) is 0. The lowest BCUT2D eigenvalue weighted by molar-refractivity contribution is -0.118. The van der Waals surface area contributed by atoms with Gasteiger partial charge in [-0.15, -0.1) is 0 Å². The quantitative estimate of drug-likeness (QED) is 0.899. The summed E-state index contributed by atoms with van der Waals surface area (Å²) in [5.74, 6) is 1.76. The van der Waals surface area contributed by atoms with Gasteiger partial charge in [0.15, 0.2) is 6.61 Å². The van der Waals surface area contributed by atoms with E-state index in [9.17, 15) is 4.79 Å². The van der Waals surface area contributed by atoms with Crippen molar-refractivity contribution in [2.75, 3.05) is 24.4 Å². The molecule has 108 valence electrons. The van der Waals surface area contributed by atoms with Crippen LogP contribution in [0.25, 0.3) is 0 Å². The molecule has 0 fully saturated rings. The van der Waals surface area contributed by atoms with E-state index in [0.29, 0.717) is 23.9 Å². The predicted octanol–water partition coefficient (Wildman–Crippen LogP) is 2.03. The minimum Gasteiger partial charge on any atom is -0.496 e. The van der Waals surface area contributed by atoms with Crippen LogP contribution in [0.5, 0.6) is 11.6 Å². The van der Waals surface area contributed by atoms with Gasteiger partial charge in [0.05, 0.1) is 7.11 Å². The third-order valence-corrected chi connectivity index (χ3v) is 3.13. The van der Waals surface area contributed by atoms with Crippen LogP contribution in [0.3, 0.4) is 0 Å². The molecule has 1 aliphatic rings. The number of hydrogen-bond donors (Lipinski definition) is 2. The van der Waals surface area contributed by atoms with Crippen molar-refractivity contribution in [2.24, 2.45) is 0 Å². The van der Waals surface area contributed by atoms with Crippen LogP contribution < -0.4 is 20.1 Å². The molecule has 1 amide bonds. The van der Waals surface area contributed by atoms with Crippen molar-refractivity contribution in [3.63, 3.8) is 0 Å². The Labute approximate surface area is 122 Å². The van der Waals surface area contributed by atoms with Gasteiger partial charge in [-0.3, -0.25) is 4.79 Å². The zero-order chi connectivity index (χ0) is 14.7. The average molecular weight is 285 g/mol. The first-order valence-electron chi connectivity index (χ1n) is 6.56. The second kappa shape index (κ2) is 5.70. The van der Waals surface area contributed by atoms with Crippen LogP contribution in [0, 0.1) is 0 Å². The number of nitrogens with zero attached hydrogens (tertiary/aromatic N) is 1. The number of carbonyl (C=O) groups is 1. The summed E-state index contributed by atoms with van der Waals surface area (Å²) in [5.41, 5.74) is 1.63. The highest BCUT2D eigenvalue weighted by Gasteiger charge is 2.17.